The number of benzene rings is 2. The van der Waals surface area contributed by atoms with Gasteiger partial charge in [0.05, 0.1) is 19.3 Å². The average Bonchev–Trinajstić information content (AvgIpc) is 2.92. The lowest BCUT2D eigenvalue weighted by Gasteiger charge is -2.06. The molecule has 0 bridgehead atoms. The lowest BCUT2D eigenvalue weighted by atomic mass is 10.2. The van der Waals surface area contributed by atoms with Crippen LogP contribution < -0.4 is 10.4 Å². The maximum Gasteiger partial charge on any atom is 0.351 e. The van der Waals surface area contributed by atoms with Gasteiger partial charge >= 0.3 is 5.69 Å². The molecule has 0 saturated carbocycles. The van der Waals surface area contributed by atoms with Crippen molar-refractivity contribution >= 4 is 15.9 Å². The maximum absolute atomic E-state index is 12.8. The topological polar surface area (TPSA) is 49.0 Å². The highest BCUT2D eigenvalue weighted by Gasteiger charge is 2.14. The van der Waals surface area contributed by atoms with Gasteiger partial charge in [-0.15, -0.1) is 5.10 Å². The molecule has 1 heterocycles. The van der Waals surface area contributed by atoms with Gasteiger partial charge in [0.1, 0.15) is 11.6 Å². The van der Waals surface area contributed by atoms with Crippen LogP contribution in [0.1, 0.15) is 11.4 Å². The molecule has 0 aliphatic rings. The van der Waals surface area contributed by atoms with E-state index in [-0.39, 0.29) is 5.69 Å². The van der Waals surface area contributed by atoms with Gasteiger partial charge in [0.15, 0.2) is 0 Å². The molecule has 24 heavy (non-hydrogen) atoms. The van der Waals surface area contributed by atoms with E-state index in [1.807, 2.05) is 48.5 Å². The van der Waals surface area contributed by atoms with Crippen molar-refractivity contribution in [2.45, 2.75) is 13.0 Å². The third-order valence-corrected chi connectivity index (χ3v) is 4.24. The first-order chi connectivity index (χ1) is 11.6. The largest absolute Gasteiger partial charge is 0.497 e. The number of methoxy groups -OCH3 is 1. The first-order valence-electron chi connectivity index (χ1n) is 7.49. The molecule has 3 aromatic rings. The van der Waals surface area contributed by atoms with E-state index >= 15 is 0 Å². The maximum atomic E-state index is 12.8. The second-order valence-corrected chi connectivity index (χ2v) is 6.19. The number of hydrogen-bond acceptors (Lipinski definition) is 3. The van der Waals surface area contributed by atoms with Crippen molar-refractivity contribution in [2.75, 3.05) is 7.11 Å². The summed E-state index contributed by atoms with van der Waals surface area (Å²) >= 11 is 3.39. The predicted octanol–water partition coefficient (Wildman–Crippen LogP) is 3.23. The summed E-state index contributed by atoms with van der Waals surface area (Å²) in [5.74, 6) is 1.41. The molecule has 0 atom stereocenters. The van der Waals surface area contributed by atoms with Crippen LogP contribution in [0.3, 0.4) is 0 Å². The highest BCUT2D eigenvalue weighted by molar-refractivity contribution is 9.10. The summed E-state index contributed by atoms with van der Waals surface area (Å²) in [5, 5.41) is 4.42. The van der Waals surface area contributed by atoms with Crippen LogP contribution in [-0.2, 0) is 13.0 Å². The third kappa shape index (κ3) is 3.28. The number of halogens is 1. The van der Waals surface area contributed by atoms with Gasteiger partial charge in [-0.2, -0.15) is 4.68 Å². The van der Waals surface area contributed by atoms with Crippen LogP contribution in [0.2, 0.25) is 0 Å². The molecule has 1 aromatic heterocycles. The molecule has 1 radical (unpaired) electrons. The van der Waals surface area contributed by atoms with Crippen LogP contribution in [0.5, 0.6) is 5.75 Å². The van der Waals surface area contributed by atoms with Crippen molar-refractivity contribution in [1.29, 1.82) is 0 Å². The summed E-state index contributed by atoms with van der Waals surface area (Å²) in [7, 11) is 1.62. The molecule has 0 unspecified atom stereocenters. The number of hydrogen-bond donors (Lipinski definition) is 0. The minimum absolute atomic E-state index is 0.182. The molecule has 0 N–H and O–H groups in total. The fraction of sp³-hybridized carbons (Fsp3) is 0.167. The van der Waals surface area contributed by atoms with Gasteiger partial charge in [-0.3, -0.25) is 4.57 Å². The fourth-order valence-corrected chi connectivity index (χ4v) is 2.75. The van der Waals surface area contributed by atoms with Crippen molar-refractivity contribution in [3.63, 3.8) is 0 Å². The van der Waals surface area contributed by atoms with Gasteiger partial charge in [-0.05, 0) is 48.9 Å². The Balaban J connectivity index is 2.01. The van der Waals surface area contributed by atoms with Gasteiger partial charge in [0, 0.05) is 10.9 Å². The van der Waals surface area contributed by atoms with Crippen LogP contribution in [-0.4, -0.2) is 21.5 Å². The van der Waals surface area contributed by atoms with Crippen LogP contribution in [0.4, 0.5) is 0 Å². The molecular formula is C18H17BrN3O2. The first kappa shape index (κ1) is 16.5. The molecular weight excluding hydrogens is 370 g/mol. The van der Waals surface area contributed by atoms with Gasteiger partial charge in [0.2, 0.25) is 0 Å². The Hall–Kier alpha value is -2.34. The molecule has 3 rings (SSSR count). The minimum Gasteiger partial charge on any atom is -0.497 e. The van der Waals surface area contributed by atoms with Crippen molar-refractivity contribution in [1.82, 2.24) is 14.3 Å². The Kier molecular flexibility index (Phi) is 4.85. The standard InChI is InChI=1S/C18H17BrN3O2/c1-3-17-20-22(15-9-7-14(19)8-10-15)18(23)21(17)12-13-5-4-6-16(11-13)24-2/h4-11H,1,3,12H2,2H3. The van der Waals surface area contributed by atoms with E-state index in [1.165, 1.54) is 4.68 Å². The molecule has 0 aliphatic carbocycles. The normalized spacial score (nSPS) is 10.8. The summed E-state index contributed by atoms with van der Waals surface area (Å²) in [4.78, 5) is 12.8. The van der Waals surface area contributed by atoms with Crippen molar-refractivity contribution in [3.8, 4) is 11.4 Å². The minimum atomic E-state index is -0.182. The van der Waals surface area contributed by atoms with E-state index in [9.17, 15) is 4.79 Å². The molecule has 5 nitrogen and oxygen atoms in total. The predicted molar refractivity (Wildman–Crippen MR) is 96.7 cm³/mol. The highest BCUT2D eigenvalue weighted by Crippen LogP contribution is 2.15. The smallest absolute Gasteiger partial charge is 0.351 e. The average molecular weight is 387 g/mol. The van der Waals surface area contributed by atoms with Crippen LogP contribution >= 0.6 is 15.9 Å². The molecule has 123 valence electrons. The van der Waals surface area contributed by atoms with Crippen LogP contribution in [0.15, 0.2) is 57.8 Å². The summed E-state index contributed by atoms with van der Waals surface area (Å²) in [6.07, 6.45) is 0.433. The third-order valence-electron chi connectivity index (χ3n) is 3.71. The zero-order valence-corrected chi connectivity index (χ0v) is 14.9. The van der Waals surface area contributed by atoms with Gasteiger partial charge < -0.3 is 4.74 Å². The van der Waals surface area contributed by atoms with E-state index < -0.39 is 0 Å². The van der Waals surface area contributed by atoms with E-state index in [0.717, 1.165) is 21.5 Å². The zero-order chi connectivity index (χ0) is 17.1. The highest BCUT2D eigenvalue weighted by atomic mass is 79.9. The Morgan fingerprint density at radius 1 is 1.21 bits per heavy atom. The molecule has 2 aromatic carbocycles. The first-order valence-corrected chi connectivity index (χ1v) is 8.28. The SMILES string of the molecule is [CH2]Cc1nn(-c2ccc(Br)cc2)c(=O)n1Cc1cccc(OC)c1. The Morgan fingerprint density at radius 3 is 2.62 bits per heavy atom. The van der Waals surface area contributed by atoms with Crippen LogP contribution in [0, 0.1) is 6.92 Å². The zero-order valence-electron chi connectivity index (χ0n) is 13.3. The summed E-state index contributed by atoms with van der Waals surface area (Å²) in [5.41, 5.74) is 1.52. The Bertz CT molecular complexity index is 897. The van der Waals surface area contributed by atoms with E-state index in [4.69, 9.17) is 4.74 Å². The number of aromatic nitrogens is 3. The molecule has 0 saturated heterocycles. The summed E-state index contributed by atoms with van der Waals surface area (Å²) in [6, 6.07) is 15.1. The molecule has 0 fully saturated rings. The second-order valence-electron chi connectivity index (χ2n) is 5.27. The molecule has 0 spiro atoms. The molecule has 0 amide bonds. The van der Waals surface area contributed by atoms with E-state index in [2.05, 4.69) is 28.0 Å². The van der Waals surface area contributed by atoms with Gasteiger partial charge in [-0.1, -0.05) is 28.1 Å². The van der Waals surface area contributed by atoms with Crippen LogP contribution in [0.25, 0.3) is 5.69 Å². The monoisotopic (exact) mass is 386 g/mol. The van der Waals surface area contributed by atoms with Crippen molar-refractivity contribution in [2.24, 2.45) is 0 Å². The second kappa shape index (κ2) is 7.05. The molecule has 6 heteroatoms. The number of ether oxygens (including phenoxy) is 1. The van der Waals surface area contributed by atoms with E-state index in [1.54, 1.807) is 11.7 Å². The lowest BCUT2D eigenvalue weighted by Crippen LogP contribution is -2.25. The Labute approximate surface area is 148 Å². The fourth-order valence-electron chi connectivity index (χ4n) is 2.48. The van der Waals surface area contributed by atoms with E-state index in [0.29, 0.717) is 18.8 Å². The van der Waals surface area contributed by atoms with Gasteiger partial charge in [0.25, 0.3) is 0 Å². The number of nitrogens with zero attached hydrogens (tertiary/aromatic N) is 3. The summed E-state index contributed by atoms with van der Waals surface area (Å²) < 4.78 is 9.24. The number of rotatable bonds is 5. The summed E-state index contributed by atoms with van der Waals surface area (Å²) in [6.45, 7) is 4.31. The Morgan fingerprint density at radius 2 is 1.96 bits per heavy atom. The van der Waals surface area contributed by atoms with Crippen molar-refractivity contribution < 1.29 is 4.74 Å². The quantitative estimate of drug-likeness (QED) is 0.676. The van der Waals surface area contributed by atoms with Crippen molar-refractivity contribution in [3.05, 3.63) is 81.8 Å². The molecule has 0 aliphatic heterocycles. The lowest BCUT2D eigenvalue weighted by molar-refractivity contribution is 0.414. The van der Waals surface area contributed by atoms with Gasteiger partial charge in [-0.25, -0.2) is 4.79 Å².